The van der Waals surface area contributed by atoms with Crippen molar-refractivity contribution in [2.75, 3.05) is 49.4 Å². The third kappa shape index (κ3) is 124. The van der Waals surface area contributed by atoms with Crippen LogP contribution in [0.1, 0.15) is 428 Å². The smallest absolute Gasteiger partial charge is 0.789 e. The fraction of sp³-hybridized carbons (Fsp3) is 0.860. The Morgan fingerprint density at radius 1 is 0.218 bits per heavy atom. The summed E-state index contributed by atoms with van der Waals surface area (Å²) in [6.45, 7) is 10.6. The molecule has 15 heteroatoms. The van der Waals surface area contributed by atoms with Crippen molar-refractivity contribution in [2.24, 2.45) is 0 Å². The van der Waals surface area contributed by atoms with Crippen molar-refractivity contribution in [3.8, 4) is 0 Å². The van der Waals surface area contributed by atoms with Gasteiger partial charge in [-0.3, -0.25) is 19.2 Å². The summed E-state index contributed by atoms with van der Waals surface area (Å²) in [5.74, 6) is 1.51. The molecule has 0 amide bonds. The Labute approximate surface area is 693 Å². The van der Waals surface area contributed by atoms with Crippen molar-refractivity contribution >= 4 is 136 Å². The molecule has 0 aliphatic rings. The standard InChI is InChI=1S/4C21H40O2S.2CH4.H2S.2Sn/c4*1-2-3-4-5-6-7-8-9-10-11-12-13-14-15-16-17-18-21(22)23-19-20-24;;;;;/h4*14-15,24H,2-13,16-20H2,1H3;2*1H4;1H2;;/q;;;;;;;2*+2/p-4/b4*15-14+;;;;;. The fourth-order valence-corrected chi connectivity index (χ4v) is 11.3. The molecule has 0 rings (SSSR count). The number of hydrogen-bond acceptors (Lipinski definition) is 12. The summed E-state index contributed by atoms with van der Waals surface area (Å²) in [5.41, 5.74) is 0. The van der Waals surface area contributed by atoms with Gasteiger partial charge in [-0.15, -0.1) is 23.0 Å². The van der Waals surface area contributed by atoms with Crippen molar-refractivity contribution in [2.45, 2.75) is 428 Å². The molecule has 0 aromatic heterocycles. The number of carbonyl (C=O) groups excluding carboxylic acids is 4. The minimum Gasteiger partial charge on any atom is -0.789 e. The molecular weight excluding hydrogens is 1560 g/mol. The van der Waals surface area contributed by atoms with Crippen LogP contribution in [0.2, 0.25) is 0 Å². The first-order valence-electron chi connectivity index (χ1n) is 40.8. The van der Waals surface area contributed by atoms with Gasteiger partial charge in [-0.1, -0.05) is 348 Å². The van der Waals surface area contributed by atoms with Gasteiger partial charge >= 0.3 is 71.7 Å². The molecule has 0 saturated carbocycles. The van der Waals surface area contributed by atoms with Crippen LogP contribution in [-0.4, -0.2) is 121 Å². The van der Waals surface area contributed by atoms with E-state index in [-0.39, 0.29) is 100 Å². The zero-order chi connectivity index (χ0) is 70.9. The molecule has 0 fully saturated rings. The first kappa shape index (κ1) is 120. The Morgan fingerprint density at radius 3 is 0.465 bits per heavy atom. The van der Waals surface area contributed by atoms with Gasteiger partial charge in [0.25, 0.3) is 0 Å². The predicted molar refractivity (Wildman–Crippen MR) is 464 cm³/mol. The van der Waals surface area contributed by atoms with Crippen molar-refractivity contribution in [1.82, 2.24) is 0 Å². The zero-order valence-electron chi connectivity index (χ0n) is 65.1. The predicted octanol–water partition coefficient (Wildman–Crippen LogP) is 26.6. The molecule has 0 aliphatic heterocycles. The SMILES string of the molecule is C.C.CCCCCCCCCCCCC/C=C/CCCC(=O)OCC[S-].CCCCCCCCCCCCC/C=C/CCCC(=O)OCC[S-].CCCCCCCCCCCCC/C=C/CCCC(=O)OCC[S-].CCCCCCCCCCCCC/C=C/CCCC(=O)OCC[S-].S.[Sn+2].[Sn+2]. The van der Waals surface area contributed by atoms with Gasteiger partial charge in [0.15, 0.2) is 0 Å². The topological polar surface area (TPSA) is 105 Å². The third-order valence-electron chi connectivity index (χ3n) is 17.0. The summed E-state index contributed by atoms with van der Waals surface area (Å²) in [6, 6.07) is 0. The van der Waals surface area contributed by atoms with Crippen molar-refractivity contribution in [3.05, 3.63) is 48.6 Å². The number of rotatable bonds is 72. The van der Waals surface area contributed by atoms with Gasteiger partial charge in [-0.05, 0) is 103 Å². The Balaban J connectivity index is -0.000000157. The molecular formula is C86H166O8S5Sn2. The zero-order valence-corrected chi connectivity index (χ0v) is 75.1. The molecule has 0 saturated heterocycles. The second-order valence-electron chi connectivity index (χ2n) is 26.4. The Morgan fingerprint density at radius 2 is 0.337 bits per heavy atom. The molecule has 101 heavy (non-hydrogen) atoms. The maximum Gasteiger partial charge on any atom is 2.00 e. The summed E-state index contributed by atoms with van der Waals surface area (Å²) in [6.07, 6.45) is 93.4. The summed E-state index contributed by atoms with van der Waals surface area (Å²) >= 11 is 18.9. The van der Waals surface area contributed by atoms with E-state index in [0.29, 0.717) is 75.1 Å². The normalized spacial score (nSPS) is 10.7. The number of allylic oxidation sites excluding steroid dienone is 8. The van der Waals surface area contributed by atoms with E-state index < -0.39 is 0 Å². The number of unbranched alkanes of at least 4 members (excludes halogenated alkanes) is 48. The summed E-state index contributed by atoms with van der Waals surface area (Å²) < 4.78 is 19.8. The molecule has 8 nitrogen and oxygen atoms in total. The maximum atomic E-state index is 11.3. The van der Waals surface area contributed by atoms with Crippen LogP contribution in [0.3, 0.4) is 0 Å². The molecule has 0 spiro atoms. The van der Waals surface area contributed by atoms with E-state index in [9.17, 15) is 19.2 Å². The van der Waals surface area contributed by atoms with Crippen LogP contribution in [0.25, 0.3) is 0 Å². The van der Waals surface area contributed by atoms with Crippen LogP contribution in [0, 0.1) is 0 Å². The summed E-state index contributed by atoms with van der Waals surface area (Å²) in [7, 11) is 0. The van der Waals surface area contributed by atoms with E-state index in [2.05, 4.69) is 76.3 Å². The average molecular weight is 1730 g/mol. The van der Waals surface area contributed by atoms with Gasteiger partial charge < -0.3 is 69.5 Å². The van der Waals surface area contributed by atoms with Crippen LogP contribution in [0.4, 0.5) is 0 Å². The van der Waals surface area contributed by atoms with E-state index >= 15 is 0 Å². The fourth-order valence-electron chi connectivity index (χ4n) is 11.0. The van der Waals surface area contributed by atoms with Crippen molar-refractivity contribution < 1.29 is 38.1 Å². The molecule has 0 aromatic rings. The quantitative estimate of drug-likeness (QED) is 0.0145. The van der Waals surface area contributed by atoms with Gasteiger partial charge in [-0.2, -0.15) is 13.5 Å². The minimum atomic E-state index is -0.112. The first-order chi connectivity index (χ1) is 47.2. The molecule has 0 bridgehead atoms. The second-order valence-corrected chi connectivity index (χ2v) is 28.1. The monoisotopic (exact) mass is 1730 g/mol. The molecule has 0 aliphatic carbocycles. The second kappa shape index (κ2) is 116. The van der Waals surface area contributed by atoms with Gasteiger partial charge in [0.05, 0.1) is 26.4 Å². The minimum absolute atomic E-state index is 0. The van der Waals surface area contributed by atoms with E-state index in [4.69, 9.17) is 69.5 Å². The van der Waals surface area contributed by atoms with Crippen LogP contribution >= 0.6 is 13.5 Å². The maximum absolute atomic E-state index is 11.3. The Hall–Kier alpha value is 0.187. The van der Waals surface area contributed by atoms with E-state index in [1.54, 1.807) is 0 Å². The molecule has 0 atom stereocenters. The molecule has 4 radical (unpaired) electrons. The van der Waals surface area contributed by atoms with Gasteiger partial charge in [0, 0.05) is 25.7 Å². The van der Waals surface area contributed by atoms with Crippen LogP contribution < -0.4 is 0 Å². The Kier molecular flexibility index (Phi) is 137. The van der Waals surface area contributed by atoms with Crippen molar-refractivity contribution in [3.63, 3.8) is 0 Å². The van der Waals surface area contributed by atoms with E-state index in [1.165, 1.54) is 308 Å². The summed E-state index contributed by atoms with van der Waals surface area (Å²) in [4.78, 5) is 45.0. The van der Waals surface area contributed by atoms with Gasteiger partial charge in [0.1, 0.15) is 0 Å². The van der Waals surface area contributed by atoms with E-state index in [0.717, 1.165) is 51.4 Å². The summed E-state index contributed by atoms with van der Waals surface area (Å²) in [5, 5.41) is 0. The van der Waals surface area contributed by atoms with Crippen LogP contribution in [0.5, 0.6) is 0 Å². The van der Waals surface area contributed by atoms with Crippen molar-refractivity contribution in [1.29, 1.82) is 0 Å². The molecule has 0 heterocycles. The first-order valence-corrected chi connectivity index (χ1v) is 43.1. The number of ether oxygens (including phenoxy) is 4. The Bertz CT molecular complexity index is 1410. The van der Waals surface area contributed by atoms with Crippen LogP contribution in [-0.2, 0) is 88.6 Å². The van der Waals surface area contributed by atoms with E-state index in [1.807, 2.05) is 0 Å². The number of esters is 4. The molecule has 0 N–H and O–H groups in total. The number of carbonyl (C=O) groups is 4. The number of hydrogen-bond donors (Lipinski definition) is 0. The molecule has 596 valence electrons. The largest absolute Gasteiger partial charge is 2.00 e. The molecule has 0 unspecified atom stereocenters. The average Bonchev–Trinajstić information content (AvgIpc) is 3.82. The van der Waals surface area contributed by atoms with Crippen LogP contribution in [0.15, 0.2) is 48.6 Å². The third-order valence-corrected chi connectivity index (χ3v) is 17.6. The van der Waals surface area contributed by atoms with Gasteiger partial charge in [0.2, 0.25) is 0 Å². The molecule has 0 aromatic carbocycles. The van der Waals surface area contributed by atoms with Gasteiger partial charge in [-0.25, -0.2) is 0 Å².